The van der Waals surface area contributed by atoms with Crippen molar-refractivity contribution in [2.24, 2.45) is 0 Å². The Morgan fingerprint density at radius 3 is 1.52 bits per heavy atom. The highest BCUT2D eigenvalue weighted by Gasteiger charge is 2.20. The van der Waals surface area contributed by atoms with E-state index in [1.54, 1.807) is 0 Å². The number of hydrogen-bond acceptors (Lipinski definition) is 2. The predicted molar refractivity (Wildman–Crippen MR) is 113 cm³/mol. The Morgan fingerprint density at radius 2 is 1.08 bits per heavy atom. The maximum absolute atomic E-state index is 3.64. The monoisotopic (exact) mass is 352 g/mol. The lowest BCUT2D eigenvalue weighted by Crippen LogP contribution is -2.35. The van der Waals surface area contributed by atoms with Crippen molar-refractivity contribution in [3.8, 4) is 0 Å². The first-order valence-electron chi connectivity index (χ1n) is 11.9. The fourth-order valence-electron chi connectivity index (χ4n) is 4.21. The summed E-state index contributed by atoms with van der Waals surface area (Å²) in [5.41, 5.74) is 0. The van der Waals surface area contributed by atoms with E-state index in [1.807, 2.05) is 0 Å². The highest BCUT2D eigenvalue weighted by atomic mass is 15.3. The Kier molecular flexibility index (Phi) is 15.9. The molecule has 0 aromatic rings. The van der Waals surface area contributed by atoms with Crippen molar-refractivity contribution in [1.82, 2.24) is 10.2 Å². The van der Waals surface area contributed by atoms with E-state index in [1.165, 1.54) is 129 Å². The van der Waals surface area contributed by atoms with Crippen molar-refractivity contribution in [3.63, 3.8) is 0 Å². The summed E-state index contributed by atoms with van der Waals surface area (Å²) in [5, 5.41) is 3.64. The molecule has 1 atom stereocenters. The summed E-state index contributed by atoms with van der Waals surface area (Å²) < 4.78 is 0. The molecule has 0 amide bonds. The van der Waals surface area contributed by atoms with Crippen LogP contribution in [0.1, 0.15) is 123 Å². The number of likely N-dealkylation sites (N-methyl/N-ethyl adjacent to an activating group) is 1. The van der Waals surface area contributed by atoms with Crippen LogP contribution in [0, 0.1) is 0 Å². The van der Waals surface area contributed by atoms with Gasteiger partial charge in [-0.1, -0.05) is 117 Å². The zero-order chi connectivity index (χ0) is 18.0. The largest absolute Gasteiger partial charge is 0.300 e. The molecule has 0 bridgehead atoms. The van der Waals surface area contributed by atoms with Crippen LogP contribution in [-0.4, -0.2) is 30.7 Å². The summed E-state index contributed by atoms with van der Waals surface area (Å²) >= 11 is 0. The van der Waals surface area contributed by atoms with Crippen LogP contribution in [0.25, 0.3) is 0 Å². The van der Waals surface area contributed by atoms with Crippen molar-refractivity contribution < 1.29 is 0 Å². The molecule has 25 heavy (non-hydrogen) atoms. The molecule has 0 saturated carbocycles. The molecular weight excluding hydrogens is 304 g/mol. The molecule has 150 valence electrons. The van der Waals surface area contributed by atoms with Crippen LogP contribution in [-0.2, 0) is 0 Å². The second kappa shape index (κ2) is 17.3. The van der Waals surface area contributed by atoms with Gasteiger partial charge in [-0.15, -0.1) is 0 Å². The van der Waals surface area contributed by atoms with Gasteiger partial charge < -0.3 is 5.32 Å². The molecule has 2 heteroatoms. The van der Waals surface area contributed by atoms with Crippen molar-refractivity contribution in [1.29, 1.82) is 0 Å². The average Bonchev–Trinajstić information content (AvgIpc) is 3.09. The lowest BCUT2D eigenvalue weighted by molar-refractivity contribution is 0.236. The first kappa shape index (κ1) is 23.0. The fraction of sp³-hybridized carbons (Fsp3) is 1.00. The van der Waals surface area contributed by atoms with Crippen molar-refractivity contribution in [2.45, 2.75) is 129 Å². The van der Waals surface area contributed by atoms with Crippen molar-refractivity contribution in [2.75, 3.05) is 19.6 Å². The number of nitrogens with zero attached hydrogens (tertiary/aromatic N) is 1. The summed E-state index contributed by atoms with van der Waals surface area (Å²) in [6, 6.07) is 0. The second-order valence-electron chi connectivity index (χ2n) is 8.19. The molecule has 1 aliphatic rings. The zero-order valence-corrected chi connectivity index (χ0v) is 17.7. The van der Waals surface area contributed by atoms with Gasteiger partial charge in [0.05, 0.1) is 6.17 Å². The van der Waals surface area contributed by atoms with E-state index < -0.39 is 0 Å². The standard InChI is InChI=1S/C23H48N2/c1-3-5-6-7-8-9-10-11-12-13-14-15-16-17-18-19-20-23-24-21-22-25(23)4-2/h23-24H,3-22H2,1-2H3. The van der Waals surface area contributed by atoms with E-state index in [2.05, 4.69) is 24.1 Å². The van der Waals surface area contributed by atoms with Gasteiger partial charge in [0.2, 0.25) is 0 Å². The Balaban J connectivity index is 1.71. The van der Waals surface area contributed by atoms with Crippen molar-refractivity contribution >= 4 is 0 Å². The number of nitrogens with one attached hydrogen (secondary N) is 1. The summed E-state index contributed by atoms with van der Waals surface area (Å²) in [7, 11) is 0. The highest BCUT2D eigenvalue weighted by molar-refractivity contribution is 4.76. The lowest BCUT2D eigenvalue weighted by atomic mass is 10.0. The van der Waals surface area contributed by atoms with Gasteiger partial charge in [0, 0.05) is 13.1 Å². The predicted octanol–water partition coefficient (Wildman–Crippen LogP) is 6.89. The van der Waals surface area contributed by atoms with E-state index in [4.69, 9.17) is 0 Å². The minimum atomic E-state index is 0.677. The van der Waals surface area contributed by atoms with Crippen LogP contribution in [0.3, 0.4) is 0 Å². The average molecular weight is 353 g/mol. The second-order valence-corrected chi connectivity index (χ2v) is 8.19. The van der Waals surface area contributed by atoms with Crippen LogP contribution in [0.15, 0.2) is 0 Å². The van der Waals surface area contributed by atoms with E-state index in [9.17, 15) is 0 Å². The normalized spacial score (nSPS) is 18.2. The molecule has 0 spiro atoms. The summed E-state index contributed by atoms with van der Waals surface area (Å²) in [6.45, 7) is 8.23. The topological polar surface area (TPSA) is 15.3 Å². The summed E-state index contributed by atoms with van der Waals surface area (Å²) in [6.07, 6.45) is 25.4. The Morgan fingerprint density at radius 1 is 0.640 bits per heavy atom. The number of hydrogen-bond donors (Lipinski definition) is 1. The Bertz CT molecular complexity index is 267. The summed E-state index contributed by atoms with van der Waals surface area (Å²) in [5.74, 6) is 0. The van der Waals surface area contributed by atoms with Crippen LogP contribution < -0.4 is 5.32 Å². The first-order valence-corrected chi connectivity index (χ1v) is 11.9. The molecular formula is C23H48N2. The Hall–Kier alpha value is -0.0800. The van der Waals surface area contributed by atoms with Gasteiger partial charge in [-0.2, -0.15) is 0 Å². The van der Waals surface area contributed by atoms with Gasteiger partial charge in [0.25, 0.3) is 0 Å². The molecule has 1 unspecified atom stereocenters. The Labute approximate surface area is 159 Å². The lowest BCUT2D eigenvalue weighted by Gasteiger charge is -2.22. The van der Waals surface area contributed by atoms with Gasteiger partial charge in [-0.25, -0.2) is 0 Å². The third-order valence-electron chi connectivity index (χ3n) is 5.96. The van der Waals surface area contributed by atoms with E-state index in [0.717, 1.165) is 0 Å². The van der Waals surface area contributed by atoms with Gasteiger partial charge in [-0.3, -0.25) is 4.90 Å². The molecule has 0 aliphatic carbocycles. The first-order chi connectivity index (χ1) is 12.4. The minimum absolute atomic E-state index is 0.677. The minimum Gasteiger partial charge on any atom is -0.300 e. The fourth-order valence-corrected chi connectivity index (χ4v) is 4.21. The maximum Gasteiger partial charge on any atom is 0.0597 e. The third kappa shape index (κ3) is 12.8. The van der Waals surface area contributed by atoms with E-state index in [-0.39, 0.29) is 0 Å². The molecule has 1 saturated heterocycles. The maximum atomic E-state index is 3.64. The molecule has 0 aromatic carbocycles. The molecule has 1 heterocycles. The quantitative estimate of drug-likeness (QED) is 0.270. The van der Waals surface area contributed by atoms with E-state index in [0.29, 0.717) is 6.17 Å². The molecule has 0 aromatic heterocycles. The third-order valence-corrected chi connectivity index (χ3v) is 5.96. The molecule has 0 radical (unpaired) electrons. The van der Waals surface area contributed by atoms with Crippen LogP contribution in [0.5, 0.6) is 0 Å². The van der Waals surface area contributed by atoms with Crippen LogP contribution in [0.4, 0.5) is 0 Å². The van der Waals surface area contributed by atoms with Gasteiger partial charge in [0.1, 0.15) is 0 Å². The number of unbranched alkanes of at least 4 members (excludes halogenated alkanes) is 15. The van der Waals surface area contributed by atoms with Crippen LogP contribution >= 0.6 is 0 Å². The molecule has 1 aliphatic heterocycles. The molecule has 2 nitrogen and oxygen atoms in total. The van der Waals surface area contributed by atoms with Gasteiger partial charge >= 0.3 is 0 Å². The SMILES string of the molecule is CCCCCCCCCCCCCCCCCCC1NCCN1CC. The van der Waals surface area contributed by atoms with E-state index >= 15 is 0 Å². The smallest absolute Gasteiger partial charge is 0.0597 e. The van der Waals surface area contributed by atoms with Crippen molar-refractivity contribution in [3.05, 3.63) is 0 Å². The van der Waals surface area contributed by atoms with Gasteiger partial charge in [0.15, 0.2) is 0 Å². The molecule has 1 rings (SSSR count). The molecule has 1 N–H and O–H groups in total. The highest BCUT2D eigenvalue weighted by Crippen LogP contribution is 2.15. The summed E-state index contributed by atoms with van der Waals surface area (Å²) in [4.78, 5) is 2.59. The van der Waals surface area contributed by atoms with Crippen LogP contribution in [0.2, 0.25) is 0 Å². The van der Waals surface area contributed by atoms with Gasteiger partial charge in [-0.05, 0) is 13.0 Å². The molecule has 1 fully saturated rings. The zero-order valence-electron chi connectivity index (χ0n) is 17.7. The number of rotatable bonds is 18.